The average Bonchev–Trinajstić information content (AvgIpc) is 3.18. The normalized spacial score (nSPS) is 20.0. The lowest BCUT2D eigenvalue weighted by atomic mass is 10.00. The summed E-state index contributed by atoms with van der Waals surface area (Å²) >= 11 is 0. The number of rotatable bonds is 5. The van der Waals surface area contributed by atoms with Gasteiger partial charge in [0, 0.05) is 31.4 Å². The predicted octanol–water partition coefficient (Wildman–Crippen LogP) is 2.43. The fraction of sp³-hybridized carbons (Fsp3) is 0.412. The van der Waals surface area contributed by atoms with Crippen molar-refractivity contribution in [2.45, 2.75) is 38.3 Å². The van der Waals surface area contributed by atoms with Crippen LogP contribution in [0.15, 0.2) is 42.7 Å². The highest BCUT2D eigenvalue weighted by atomic mass is 35.5. The maximum absolute atomic E-state index is 12.1. The Morgan fingerprint density at radius 2 is 2.13 bits per heavy atom. The molecule has 5 nitrogen and oxygen atoms in total. The zero-order valence-corrected chi connectivity index (χ0v) is 13.8. The molecule has 1 saturated carbocycles. The van der Waals surface area contributed by atoms with Crippen LogP contribution >= 0.6 is 12.4 Å². The Balaban J connectivity index is 0.00000192. The minimum absolute atomic E-state index is 0. The Morgan fingerprint density at radius 3 is 2.83 bits per heavy atom. The van der Waals surface area contributed by atoms with Gasteiger partial charge in [-0.3, -0.25) is 4.79 Å². The van der Waals surface area contributed by atoms with Crippen molar-refractivity contribution in [1.29, 1.82) is 0 Å². The summed E-state index contributed by atoms with van der Waals surface area (Å²) in [5.41, 5.74) is 8.07. The first-order chi connectivity index (χ1) is 10.7. The standard InChI is InChI=1S/C17H22N4O.ClH/c18-15-7-3-6-13(15)11-17(22)19-12-14-5-1-2-8-16(14)21-10-4-9-20-21;/h1-2,4-5,8-10,13,15H,3,6-7,11-12,18H2,(H,19,22);1H/t13-,15+;/m0./s1. The molecule has 1 heterocycles. The molecule has 1 aliphatic carbocycles. The van der Waals surface area contributed by atoms with E-state index in [0.717, 1.165) is 30.5 Å². The van der Waals surface area contributed by atoms with Gasteiger partial charge >= 0.3 is 0 Å². The SMILES string of the molecule is Cl.N[C@@H]1CCC[C@H]1CC(=O)NCc1ccccc1-n1cccn1. The van der Waals surface area contributed by atoms with E-state index in [4.69, 9.17) is 5.73 Å². The van der Waals surface area contributed by atoms with Crippen molar-refractivity contribution in [3.63, 3.8) is 0 Å². The highest BCUT2D eigenvalue weighted by molar-refractivity contribution is 5.85. The van der Waals surface area contributed by atoms with Crippen LogP contribution in [0.1, 0.15) is 31.2 Å². The molecule has 124 valence electrons. The van der Waals surface area contributed by atoms with Crippen LogP contribution in [0.5, 0.6) is 0 Å². The number of benzene rings is 1. The maximum atomic E-state index is 12.1. The van der Waals surface area contributed by atoms with E-state index in [2.05, 4.69) is 10.4 Å². The molecule has 1 amide bonds. The first kappa shape index (κ1) is 17.5. The lowest BCUT2D eigenvalue weighted by molar-refractivity contribution is -0.122. The van der Waals surface area contributed by atoms with Gasteiger partial charge in [0.1, 0.15) is 0 Å². The van der Waals surface area contributed by atoms with Crippen molar-refractivity contribution in [2.24, 2.45) is 11.7 Å². The first-order valence-electron chi connectivity index (χ1n) is 7.84. The minimum Gasteiger partial charge on any atom is -0.352 e. The van der Waals surface area contributed by atoms with Gasteiger partial charge in [0.25, 0.3) is 0 Å². The summed E-state index contributed by atoms with van der Waals surface area (Å²) < 4.78 is 1.81. The van der Waals surface area contributed by atoms with Gasteiger partial charge in [-0.25, -0.2) is 4.68 Å². The monoisotopic (exact) mass is 334 g/mol. The summed E-state index contributed by atoms with van der Waals surface area (Å²) in [5.74, 6) is 0.416. The Morgan fingerprint density at radius 1 is 1.30 bits per heavy atom. The highest BCUT2D eigenvalue weighted by Gasteiger charge is 2.25. The van der Waals surface area contributed by atoms with Crippen molar-refractivity contribution in [3.8, 4) is 5.69 Å². The Hall–Kier alpha value is -1.85. The predicted molar refractivity (Wildman–Crippen MR) is 92.6 cm³/mol. The van der Waals surface area contributed by atoms with E-state index in [1.165, 1.54) is 0 Å². The molecule has 1 aliphatic rings. The summed E-state index contributed by atoms with van der Waals surface area (Å²) in [6, 6.07) is 10.0. The number of carbonyl (C=O) groups is 1. The number of nitrogens with one attached hydrogen (secondary N) is 1. The second kappa shape index (κ2) is 8.13. The van der Waals surface area contributed by atoms with Crippen molar-refractivity contribution >= 4 is 18.3 Å². The van der Waals surface area contributed by atoms with E-state index in [0.29, 0.717) is 18.9 Å². The zero-order valence-electron chi connectivity index (χ0n) is 13.0. The lowest BCUT2D eigenvalue weighted by Gasteiger charge is -2.15. The third-order valence-electron chi connectivity index (χ3n) is 4.38. The Bertz CT molecular complexity index is 629. The molecule has 0 aliphatic heterocycles. The van der Waals surface area contributed by atoms with E-state index >= 15 is 0 Å². The molecule has 1 aromatic heterocycles. The molecule has 2 aromatic rings. The molecule has 0 bridgehead atoms. The number of aromatic nitrogens is 2. The quantitative estimate of drug-likeness (QED) is 0.882. The maximum Gasteiger partial charge on any atom is 0.220 e. The molecule has 0 saturated heterocycles. The highest BCUT2D eigenvalue weighted by Crippen LogP contribution is 2.26. The third kappa shape index (κ3) is 4.33. The van der Waals surface area contributed by atoms with Crippen molar-refractivity contribution in [3.05, 3.63) is 48.3 Å². The third-order valence-corrected chi connectivity index (χ3v) is 4.38. The second-order valence-electron chi connectivity index (χ2n) is 5.92. The van der Waals surface area contributed by atoms with Gasteiger partial charge in [-0.1, -0.05) is 24.6 Å². The number of carbonyl (C=O) groups excluding carboxylic acids is 1. The average molecular weight is 335 g/mol. The van der Waals surface area contributed by atoms with E-state index in [-0.39, 0.29) is 24.4 Å². The number of nitrogens with zero attached hydrogens (tertiary/aromatic N) is 2. The van der Waals surface area contributed by atoms with Crippen LogP contribution in [0.25, 0.3) is 5.69 Å². The van der Waals surface area contributed by atoms with Gasteiger partial charge in [0.2, 0.25) is 5.91 Å². The molecule has 3 rings (SSSR count). The van der Waals surface area contributed by atoms with Crippen LogP contribution in [-0.2, 0) is 11.3 Å². The van der Waals surface area contributed by atoms with Crippen LogP contribution in [-0.4, -0.2) is 21.7 Å². The van der Waals surface area contributed by atoms with Crippen LogP contribution in [0, 0.1) is 5.92 Å². The fourth-order valence-corrected chi connectivity index (χ4v) is 3.12. The van der Waals surface area contributed by atoms with Gasteiger partial charge < -0.3 is 11.1 Å². The van der Waals surface area contributed by atoms with E-state index < -0.39 is 0 Å². The summed E-state index contributed by atoms with van der Waals surface area (Å²) in [6.45, 7) is 0.511. The van der Waals surface area contributed by atoms with Crippen LogP contribution in [0.3, 0.4) is 0 Å². The van der Waals surface area contributed by atoms with Gasteiger partial charge in [-0.15, -0.1) is 12.4 Å². The molecule has 23 heavy (non-hydrogen) atoms. The zero-order chi connectivity index (χ0) is 15.4. The number of nitrogens with two attached hydrogens (primary N) is 1. The number of para-hydroxylation sites is 1. The number of halogens is 1. The topological polar surface area (TPSA) is 72.9 Å². The number of amides is 1. The Labute approximate surface area is 142 Å². The van der Waals surface area contributed by atoms with E-state index in [9.17, 15) is 4.79 Å². The van der Waals surface area contributed by atoms with Crippen molar-refractivity contribution in [2.75, 3.05) is 0 Å². The summed E-state index contributed by atoms with van der Waals surface area (Å²) in [4.78, 5) is 12.1. The van der Waals surface area contributed by atoms with Gasteiger partial charge in [-0.2, -0.15) is 5.10 Å². The molecule has 0 unspecified atom stereocenters. The molecule has 1 fully saturated rings. The van der Waals surface area contributed by atoms with Crippen molar-refractivity contribution < 1.29 is 4.79 Å². The molecular formula is C17H23ClN4O. The van der Waals surface area contributed by atoms with E-state index in [1.807, 2.05) is 41.2 Å². The molecular weight excluding hydrogens is 312 g/mol. The largest absolute Gasteiger partial charge is 0.352 e. The van der Waals surface area contributed by atoms with Crippen molar-refractivity contribution in [1.82, 2.24) is 15.1 Å². The molecule has 1 aromatic carbocycles. The fourth-order valence-electron chi connectivity index (χ4n) is 3.12. The lowest BCUT2D eigenvalue weighted by Crippen LogP contribution is -2.31. The van der Waals surface area contributed by atoms with Gasteiger partial charge in [0.15, 0.2) is 0 Å². The smallest absolute Gasteiger partial charge is 0.220 e. The molecule has 3 N–H and O–H groups in total. The molecule has 6 heteroatoms. The van der Waals surface area contributed by atoms with Gasteiger partial charge in [-0.05, 0) is 36.5 Å². The second-order valence-corrected chi connectivity index (χ2v) is 5.92. The number of hydrogen-bond donors (Lipinski definition) is 2. The first-order valence-corrected chi connectivity index (χ1v) is 7.84. The molecule has 2 atom stereocenters. The molecule has 0 spiro atoms. The van der Waals surface area contributed by atoms with E-state index in [1.54, 1.807) is 6.20 Å². The van der Waals surface area contributed by atoms with Crippen LogP contribution in [0.4, 0.5) is 0 Å². The van der Waals surface area contributed by atoms with Gasteiger partial charge in [0.05, 0.1) is 5.69 Å². The number of hydrogen-bond acceptors (Lipinski definition) is 3. The summed E-state index contributed by atoms with van der Waals surface area (Å²) in [5, 5.41) is 7.27. The minimum atomic E-state index is 0. The summed E-state index contributed by atoms with van der Waals surface area (Å²) in [7, 11) is 0. The molecule has 0 radical (unpaired) electrons. The van der Waals surface area contributed by atoms with Crippen LogP contribution in [0.2, 0.25) is 0 Å². The summed E-state index contributed by atoms with van der Waals surface area (Å²) in [6.07, 6.45) is 7.43. The van der Waals surface area contributed by atoms with Crippen LogP contribution < -0.4 is 11.1 Å². The Kier molecular flexibility index (Phi) is 6.19.